The minimum Gasteiger partial charge on any atom is -0.462 e. The highest BCUT2D eigenvalue weighted by Gasteiger charge is 2.72. The lowest BCUT2D eigenvalue weighted by atomic mass is 9.32. The van der Waals surface area contributed by atoms with E-state index in [1.807, 2.05) is 0 Å². The van der Waals surface area contributed by atoms with Gasteiger partial charge in [0.05, 0.1) is 18.6 Å². The van der Waals surface area contributed by atoms with E-state index in [9.17, 15) is 24.9 Å². The van der Waals surface area contributed by atoms with Crippen LogP contribution in [0.25, 0.3) is 0 Å². The van der Waals surface area contributed by atoms with Gasteiger partial charge in [0.25, 0.3) is 0 Å². The van der Waals surface area contributed by atoms with Crippen molar-refractivity contribution in [3.8, 4) is 0 Å². The molecule has 1 saturated heterocycles. The number of fused-ring (bicyclic) bond motifs is 7. The van der Waals surface area contributed by atoms with Crippen LogP contribution in [0.4, 0.5) is 0 Å². The molecule has 0 aromatic carbocycles. The maximum atomic E-state index is 14.4. The van der Waals surface area contributed by atoms with Crippen molar-refractivity contribution < 1.29 is 39.1 Å². The molecule has 0 radical (unpaired) electrons. The molecule has 3 N–H and O–H groups in total. The predicted molar refractivity (Wildman–Crippen MR) is 173 cm³/mol. The highest BCUT2D eigenvalue weighted by Crippen LogP contribution is 2.77. The number of esters is 2. The van der Waals surface area contributed by atoms with Gasteiger partial charge >= 0.3 is 11.9 Å². The van der Waals surface area contributed by atoms with Crippen molar-refractivity contribution in [3.63, 3.8) is 0 Å². The molecule has 6 aliphatic rings. The third-order valence-electron chi connectivity index (χ3n) is 15.7. The van der Waals surface area contributed by atoms with Crippen LogP contribution in [0, 0.1) is 56.7 Å². The molecule has 0 bridgehead atoms. The molecular weight excluding hydrogens is 584 g/mol. The Morgan fingerprint density at radius 1 is 0.826 bits per heavy atom. The Balaban J connectivity index is 1.30. The molecule has 0 aromatic heterocycles. The first-order valence-electron chi connectivity index (χ1n) is 18.1. The van der Waals surface area contributed by atoms with Crippen LogP contribution in [0.15, 0.2) is 12.2 Å². The summed E-state index contributed by atoms with van der Waals surface area (Å²) in [6.45, 7) is 19.9. The van der Waals surface area contributed by atoms with E-state index in [2.05, 4.69) is 48.1 Å². The lowest BCUT2D eigenvalue weighted by molar-refractivity contribution is -0.254. The largest absolute Gasteiger partial charge is 0.462 e. The molecule has 6 rings (SSSR count). The van der Waals surface area contributed by atoms with E-state index in [0.717, 1.165) is 69.8 Å². The maximum absolute atomic E-state index is 14.4. The molecule has 0 spiro atoms. The van der Waals surface area contributed by atoms with E-state index in [1.54, 1.807) is 0 Å². The topological polar surface area (TPSA) is 123 Å². The summed E-state index contributed by atoms with van der Waals surface area (Å²) in [5.41, 5.74) is 0.715. The molecule has 1 aliphatic heterocycles. The Labute approximate surface area is 276 Å². The van der Waals surface area contributed by atoms with E-state index in [4.69, 9.17) is 14.2 Å². The molecule has 260 valence electrons. The zero-order valence-corrected chi connectivity index (χ0v) is 29.3. The van der Waals surface area contributed by atoms with Crippen LogP contribution in [-0.4, -0.2) is 71.0 Å². The van der Waals surface area contributed by atoms with Gasteiger partial charge in [-0.05, 0) is 117 Å². The molecule has 0 aromatic rings. The lowest BCUT2D eigenvalue weighted by Gasteiger charge is -2.72. The number of hydrogen-bond acceptors (Lipinski definition) is 8. The summed E-state index contributed by atoms with van der Waals surface area (Å²) in [5.74, 6) is 1.29. The second kappa shape index (κ2) is 11.6. The Hall–Kier alpha value is -1.48. The summed E-state index contributed by atoms with van der Waals surface area (Å²) in [5, 5.41) is 30.8. The standard InChI is InChI=1S/C38H60O8/c1-21(2)23-11-16-38(33(43)46-26-20-44-25(19-39)31(41)32(26)42)18-17-36(7)24(30(23)38)9-10-28-35(6)14-13-29(45-22(3)40)34(4,5)27(35)12-15-37(28,36)8/h23-32,39,41-42H,1,9-20H2,2-8H3/t23-,24+,25+,26+,27-,28?,29-,30+,31+,32+,35-,36+,37+,38-/m0/s1. The van der Waals surface area contributed by atoms with Crippen molar-refractivity contribution in [2.45, 2.75) is 143 Å². The van der Waals surface area contributed by atoms with Crippen LogP contribution in [0.5, 0.6) is 0 Å². The quantitative estimate of drug-likeness (QED) is 0.261. The molecule has 1 heterocycles. The molecular formula is C38H60O8. The number of allylic oxidation sites excluding steroid dienone is 1. The highest BCUT2D eigenvalue weighted by atomic mass is 16.6. The van der Waals surface area contributed by atoms with Crippen LogP contribution < -0.4 is 0 Å². The van der Waals surface area contributed by atoms with Crippen LogP contribution in [0.3, 0.4) is 0 Å². The van der Waals surface area contributed by atoms with Crippen molar-refractivity contribution in [3.05, 3.63) is 12.2 Å². The van der Waals surface area contributed by atoms with Crippen molar-refractivity contribution in [2.75, 3.05) is 13.2 Å². The third-order valence-corrected chi connectivity index (χ3v) is 15.7. The summed E-state index contributed by atoms with van der Waals surface area (Å²) in [6, 6.07) is 0. The van der Waals surface area contributed by atoms with Gasteiger partial charge in [-0.25, -0.2) is 0 Å². The lowest BCUT2D eigenvalue weighted by Crippen LogP contribution is -2.67. The van der Waals surface area contributed by atoms with Crippen LogP contribution in [-0.2, 0) is 23.8 Å². The third kappa shape index (κ3) is 4.73. The fourth-order valence-corrected chi connectivity index (χ4v) is 13.3. The molecule has 8 nitrogen and oxygen atoms in total. The summed E-state index contributed by atoms with van der Waals surface area (Å²) < 4.78 is 17.6. The van der Waals surface area contributed by atoms with Gasteiger partial charge in [0, 0.05) is 12.3 Å². The Bertz CT molecular complexity index is 1230. The number of carbonyl (C=O) groups is 2. The minimum absolute atomic E-state index is 0.0424. The molecule has 0 amide bonds. The van der Waals surface area contributed by atoms with Gasteiger partial charge in [-0.1, -0.05) is 46.8 Å². The Morgan fingerprint density at radius 3 is 2.20 bits per heavy atom. The summed E-state index contributed by atoms with van der Waals surface area (Å²) >= 11 is 0. The minimum atomic E-state index is -1.31. The van der Waals surface area contributed by atoms with E-state index in [1.165, 1.54) is 6.92 Å². The van der Waals surface area contributed by atoms with Crippen molar-refractivity contribution in [1.82, 2.24) is 0 Å². The molecule has 46 heavy (non-hydrogen) atoms. The number of carbonyl (C=O) groups excluding carboxylic acids is 2. The zero-order valence-electron chi connectivity index (χ0n) is 29.3. The first-order valence-corrected chi connectivity index (χ1v) is 18.1. The highest BCUT2D eigenvalue weighted by molar-refractivity contribution is 5.78. The van der Waals surface area contributed by atoms with Gasteiger partial charge in [0.1, 0.15) is 24.4 Å². The van der Waals surface area contributed by atoms with Gasteiger partial charge in [0.2, 0.25) is 0 Å². The second-order valence-corrected chi connectivity index (χ2v) is 17.8. The monoisotopic (exact) mass is 644 g/mol. The molecule has 14 atom stereocenters. The first-order chi connectivity index (χ1) is 21.5. The Morgan fingerprint density at radius 2 is 1.54 bits per heavy atom. The van der Waals surface area contributed by atoms with Crippen molar-refractivity contribution in [1.29, 1.82) is 0 Å². The molecule has 6 fully saturated rings. The fraction of sp³-hybridized carbons (Fsp3) is 0.895. The van der Waals surface area contributed by atoms with Crippen molar-refractivity contribution in [2.24, 2.45) is 56.7 Å². The van der Waals surface area contributed by atoms with Gasteiger partial charge < -0.3 is 29.5 Å². The zero-order chi connectivity index (χ0) is 33.6. The molecule has 5 saturated carbocycles. The number of ether oxygens (including phenoxy) is 3. The maximum Gasteiger partial charge on any atom is 0.312 e. The molecule has 8 heteroatoms. The predicted octanol–water partition coefficient (Wildman–Crippen LogP) is 5.60. The fourth-order valence-electron chi connectivity index (χ4n) is 13.3. The Kier molecular flexibility index (Phi) is 8.64. The van der Waals surface area contributed by atoms with E-state index in [-0.39, 0.29) is 58.1 Å². The van der Waals surface area contributed by atoms with Gasteiger partial charge in [0.15, 0.2) is 6.10 Å². The summed E-state index contributed by atoms with van der Waals surface area (Å²) in [6.07, 6.45) is 5.29. The van der Waals surface area contributed by atoms with Crippen LogP contribution in [0.1, 0.15) is 113 Å². The average molecular weight is 645 g/mol. The summed E-state index contributed by atoms with van der Waals surface area (Å²) in [4.78, 5) is 26.4. The SMILES string of the molecule is C=C(C)[C@@H]1CC[C@]2(C(=O)O[C@@H]3CO[C@H](CO)[C@@H](O)[C@@H]3O)CC[C@]3(C)[C@H](CCC4[C@@]5(C)CC[C@H](OC(C)=O)C(C)(C)[C@@H]5CC[C@]43C)[C@@H]12. The van der Waals surface area contributed by atoms with E-state index >= 15 is 0 Å². The number of rotatable bonds is 5. The number of aliphatic hydroxyl groups excluding tert-OH is 3. The van der Waals surface area contributed by atoms with E-state index in [0.29, 0.717) is 17.8 Å². The molecule has 1 unspecified atom stereocenters. The normalized spacial score (nSPS) is 51.1. The second-order valence-electron chi connectivity index (χ2n) is 17.8. The number of hydrogen-bond donors (Lipinski definition) is 3. The van der Waals surface area contributed by atoms with Gasteiger partial charge in [-0.2, -0.15) is 0 Å². The average Bonchev–Trinajstić information content (AvgIpc) is 3.39. The summed E-state index contributed by atoms with van der Waals surface area (Å²) in [7, 11) is 0. The number of aliphatic hydroxyl groups is 3. The van der Waals surface area contributed by atoms with Crippen molar-refractivity contribution >= 4 is 11.9 Å². The smallest absolute Gasteiger partial charge is 0.312 e. The first kappa shape index (κ1) is 34.4. The molecule has 5 aliphatic carbocycles. The van der Waals surface area contributed by atoms with E-state index < -0.39 is 36.4 Å². The van der Waals surface area contributed by atoms with Crippen LogP contribution >= 0.6 is 0 Å². The van der Waals surface area contributed by atoms with Gasteiger partial charge in [-0.3, -0.25) is 9.59 Å². The van der Waals surface area contributed by atoms with Crippen LogP contribution in [0.2, 0.25) is 0 Å². The van der Waals surface area contributed by atoms with Gasteiger partial charge in [-0.15, -0.1) is 0 Å².